The van der Waals surface area contributed by atoms with Gasteiger partial charge < -0.3 is 5.11 Å². The number of rotatable bonds is 3. The smallest absolute Gasteiger partial charge is 0.153 e. The highest BCUT2D eigenvalue weighted by atomic mass is 32.2. The largest absolute Gasteiger partial charge is 0.508 e. The lowest BCUT2D eigenvalue weighted by Gasteiger charge is -1.95. The number of thioether (sulfide) groups is 1. The van der Waals surface area contributed by atoms with Crippen LogP contribution in [-0.2, 0) is 4.79 Å². The molecule has 1 aromatic rings. The minimum atomic E-state index is 0.0336. The molecule has 0 aromatic heterocycles. The Kier molecular flexibility index (Phi) is 3.58. The van der Waals surface area contributed by atoms with Gasteiger partial charge in [0.1, 0.15) is 5.75 Å². The lowest BCUT2D eigenvalue weighted by molar-refractivity contribution is -0.112. The molecule has 0 aliphatic heterocycles. The maximum absolute atomic E-state index is 10.5. The first kappa shape index (κ1) is 9.86. The minimum Gasteiger partial charge on any atom is -0.508 e. The van der Waals surface area contributed by atoms with E-state index in [0.29, 0.717) is 0 Å². The summed E-state index contributed by atoms with van der Waals surface area (Å²) in [6.07, 6.45) is 1.51. The van der Waals surface area contributed by atoms with Crippen LogP contribution in [0.25, 0.3) is 0 Å². The molecule has 2 nitrogen and oxygen atoms in total. The number of hydrogen-bond acceptors (Lipinski definition) is 3. The van der Waals surface area contributed by atoms with Gasteiger partial charge >= 0.3 is 0 Å². The Bertz CT molecular complexity index is 314. The van der Waals surface area contributed by atoms with Gasteiger partial charge in [-0.2, -0.15) is 0 Å². The summed E-state index contributed by atoms with van der Waals surface area (Å²) >= 11 is 1.44. The molecular formula is C10H10O2S. The van der Waals surface area contributed by atoms with Crippen LogP contribution in [-0.4, -0.2) is 10.9 Å². The molecule has 3 heteroatoms. The quantitative estimate of drug-likeness (QED) is 0.593. The van der Waals surface area contributed by atoms with Gasteiger partial charge in [0, 0.05) is 4.90 Å². The maximum atomic E-state index is 10.5. The predicted molar refractivity (Wildman–Crippen MR) is 53.8 cm³/mol. The van der Waals surface area contributed by atoms with E-state index >= 15 is 0 Å². The molecule has 0 heterocycles. The number of phenolic OH excluding ortho intramolecular Hbond substituents is 1. The summed E-state index contributed by atoms with van der Waals surface area (Å²) in [5.41, 5.74) is 0. The Labute approximate surface area is 81.3 Å². The van der Waals surface area contributed by atoms with Crippen molar-refractivity contribution in [1.29, 1.82) is 0 Å². The fourth-order valence-corrected chi connectivity index (χ4v) is 1.44. The van der Waals surface area contributed by atoms with E-state index in [1.807, 2.05) is 0 Å². The molecule has 0 amide bonds. The van der Waals surface area contributed by atoms with Crippen LogP contribution in [0.5, 0.6) is 5.75 Å². The van der Waals surface area contributed by atoms with Gasteiger partial charge in [0.2, 0.25) is 0 Å². The fourth-order valence-electron chi connectivity index (χ4n) is 0.733. The molecule has 68 valence electrons. The minimum absolute atomic E-state index is 0.0336. The highest BCUT2D eigenvalue weighted by Gasteiger charge is 1.90. The van der Waals surface area contributed by atoms with E-state index in [1.165, 1.54) is 24.8 Å². The second kappa shape index (κ2) is 4.72. The Hall–Kier alpha value is -1.22. The topological polar surface area (TPSA) is 37.3 Å². The van der Waals surface area contributed by atoms with Crippen LogP contribution < -0.4 is 0 Å². The third kappa shape index (κ3) is 3.80. The first-order chi connectivity index (χ1) is 6.18. The number of ketones is 1. The number of hydrogen-bond donors (Lipinski definition) is 1. The van der Waals surface area contributed by atoms with Crippen molar-refractivity contribution in [2.45, 2.75) is 11.8 Å². The summed E-state index contributed by atoms with van der Waals surface area (Å²) in [4.78, 5) is 11.5. The zero-order valence-electron chi connectivity index (χ0n) is 7.23. The SMILES string of the molecule is CC(=O)/C=C/Sc1ccc(O)cc1. The number of carbonyl (C=O) groups is 1. The number of allylic oxidation sites excluding steroid dienone is 1. The second-order valence-corrected chi connectivity index (χ2v) is 3.50. The third-order valence-electron chi connectivity index (χ3n) is 1.34. The van der Waals surface area contributed by atoms with Crippen molar-refractivity contribution in [2.24, 2.45) is 0 Å². The van der Waals surface area contributed by atoms with Gasteiger partial charge in [-0.3, -0.25) is 4.79 Å². The van der Waals surface area contributed by atoms with E-state index in [2.05, 4.69) is 0 Å². The molecule has 1 N–H and O–H groups in total. The molecule has 1 rings (SSSR count). The lowest BCUT2D eigenvalue weighted by atomic mass is 10.3. The Morgan fingerprint density at radius 2 is 2.00 bits per heavy atom. The van der Waals surface area contributed by atoms with Crippen molar-refractivity contribution in [3.63, 3.8) is 0 Å². The molecule has 0 aliphatic rings. The van der Waals surface area contributed by atoms with Crippen molar-refractivity contribution in [3.05, 3.63) is 35.7 Å². The molecule has 0 spiro atoms. The zero-order chi connectivity index (χ0) is 9.68. The first-order valence-electron chi connectivity index (χ1n) is 3.81. The summed E-state index contributed by atoms with van der Waals surface area (Å²) in [5, 5.41) is 10.7. The van der Waals surface area contributed by atoms with Crippen molar-refractivity contribution in [1.82, 2.24) is 0 Å². The number of benzene rings is 1. The number of carbonyl (C=O) groups excluding carboxylic acids is 1. The van der Waals surface area contributed by atoms with Crippen molar-refractivity contribution in [3.8, 4) is 5.75 Å². The van der Waals surface area contributed by atoms with Gasteiger partial charge in [-0.1, -0.05) is 11.8 Å². The fraction of sp³-hybridized carbons (Fsp3) is 0.100. The van der Waals surface area contributed by atoms with Crippen LogP contribution in [0.1, 0.15) is 6.92 Å². The van der Waals surface area contributed by atoms with Crippen LogP contribution in [0.3, 0.4) is 0 Å². The van der Waals surface area contributed by atoms with E-state index in [0.717, 1.165) is 4.90 Å². The first-order valence-corrected chi connectivity index (χ1v) is 4.69. The maximum Gasteiger partial charge on any atom is 0.153 e. The van der Waals surface area contributed by atoms with Crippen molar-refractivity contribution < 1.29 is 9.90 Å². The average Bonchev–Trinajstić information content (AvgIpc) is 2.08. The van der Waals surface area contributed by atoms with Crippen LogP contribution in [0.4, 0.5) is 0 Å². The molecule has 0 radical (unpaired) electrons. The molecule has 0 bridgehead atoms. The van der Waals surface area contributed by atoms with Crippen LogP contribution in [0, 0.1) is 0 Å². The van der Waals surface area contributed by atoms with Crippen LogP contribution in [0.2, 0.25) is 0 Å². The monoisotopic (exact) mass is 194 g/mol. The van der Waals surface area contributed by atoms with Crippen molar-refractivity contribution >= 4 is 17.5 Å². The summed E-state index contributed by atoms with van der Waals surface area (Å²) < 4.78 is 0. The molecule has 0 unspecified atom stereocenters. The average molecular weight is 194 g/mol. The molecule has 0 saturated carbocycles. The van der Waals surface area contributed by atoms with Gasteiger partial charge in [-0.05, 0) is 42.7 Å². The Morgan fingerprint density at radius 1 is 1.38 bits per heavy atom. The Balaban J connectivity index is 2.55. The molecular weight excluding hydrogens is 184 g/mol. The molecule has 0 fully saturated rings. The molecule has 0 aliphatic carbocycles. The summed E-state index contributed by atoms with van der Waals surface area (Å²) in [5.74, 6) is 0.283. The van der Waals surface area contributed by atoms with Crippen molar-refractivity contribution in [2.75, 3.05) is 0 Å². The van der Waals surface area contributed by atoms with Gasteiger partial charge in [-0.25, -0.2) is 0 Å². The van der Waals surface area contributed by atoms with E-state index in [9.17, 15) is 4.79 Å². The van der Waals surface area contributed by atoms with Gasteiger partial charge in [0.25, 0.3) is 0 Å². The van der Waals surface area contributed by atoms with Gasteiger partial charge in [0.15, 0.2) is 5.78 Å². The second-order valence-electron chi connectivity index (χ2n) is 2.53. The molecule has 1 aromatic carbocycles. The lowest BCUT2D eigenvalue weighted by Crippen LogP contribution is -1.77. The molecule has 13 heavy (non-hydrogen) atoms. The van der Waals surface area contributed by atoms with Crippen LogP contribution >= 0.6 is 11.8 Å². The highest BCUT2D eigenvalue weighted by Crippen LogP contribution is 2.21. The summed E-state index contributed by atoms with van der Waals surface area (Å²) in [6, 6.07) is 6.82. The summed E-state index contributed by atoms with van der Waals surface area (Å²) in [7, 11) is 0. The third-order valence-corrected chi connectivity index (χ3v) is 2.16. The molecule has 0 saturated heterocycles. The zero-order valence-corrected chi connectivity index (χ0v) is 8.04. The van der Waals surface area contributed by atoms with Crippen LogP contribution in [0.15, 0.2) is 40.6 Å². The van der Waals surface area contributed by atoms with Gasteiger partial charge in [0.05, 0.1) is 0 Å². The normalized spacial score (nSPS) is 10.5. The number of phenols is 1. The van der Waals surface area contributed by atoms with E-state index in [4.69, 9.17) is 5.11 Å². The van der Waals surface area contributed by atoms with E-state index in [-0.39, 0.29) is 11.5 Å². The number of aromatic hydroxyl groups is 1. The van der Waals surface area contributed by atoms with Gasteiger partial charge in [-0.15, -0.1) is 0 Å². The predicted octanol–water partition coefficient (Wildman–Crippen LogP) is 2.59. The summed E-state index contributed by atoms with van der Waals surface area (Å²) in [6.45, 7) is 1.51. The standard InChI is InChI=1S/C10H10O2S/c1-8(11)6-7-13-10-4-2-9(12)3-5-10/h2-7,12H,1H3/b7-6+. The molecule has 0 atom stereocenters. The Morgan fingerprint density at radius 3 is 2.54 bits per heavy atom. The van der Waals surface area contributed by atoms with E-state index < -0.39 is 0 Å². The highest BCUT2D eigenvalue weighted by molar-refractivity contribution is 8.02. The van der Waals surface area contributed by atoms with E-state index in [1.54, 1.807) is 29.7 Å².